The van der Waals surface area contributed by atoms with Crippen molar-refractivity contribution in [2.75, 3.05) is 0 Å². The van der Waals surface area contributed by atoms with Crippen LogP contribution >= 0.6 is 11.8 Å². The summed E-state index contributed by atoms with van der Waals surface area (Å²) in [6.07, 6.45) is 0. The number of carbonyl (C=O) groups excluding carboxylic acids is 1. The summed E-state index contributed by atoms with van der Waals surface area (Å²) in [5.74, 6) is 0. The zero-order valence-corrected chi connectivity index (χ0v) is 10.4. The number of carbonyl (C=O) groups is 1. The van der Waals surface area contributed by atoms with Crippen LogP contribution in [0, 0.1) is 0 Å². The van der Waals surface area contributed by atoms with Crippen molar-refractivity contribution in [1.29, 1.82) is 0 Å². The number of benzene rings is 2. The Bertz CT molecular complexity index is 592. The Labute approximate surface area is 110 Å². The Morgan fingerprint density at radius 2 is 1.50 bits per heavy atom. The van der Waals surface area contributed by atoms with E-state index in [-0.39, 0.29) is 10.5 Å². The van der Waals surface area contributed by atoms with Gasteiger partial charge in [-0.15, -0.1) is 0 Å². The van der Waals surface area contributed by atoms with E-state index in [1.165, 1.54) is 11.8 Å². The van der Waals surface area contributed by atoms with Crippen molar-refractivity contribution in [3.8, 4) is 0 Å². The van der Waals surface area contributed by atoms with Crippen molar-refractivity contribution in [3.05, 3.63) is 71.8 Å². The highest BCUT2D eigenvalue weighted by Gasteiger charge is 2.29. The first-order chi connectivity index (χ1) is 8.84. The van der Waals surface area contributed by atoms with Gasteiger partial charge in [0.2, 0.25) is 0 Å². The van der Waals surface area contributed by atoms with Crippen molar-refractivity contribution in [1.82, 2.24) is 0 Å². The molecule has 1 heterocycles. The molecule has 88 valence electrons. The van der Waals surface area contributed by atoms with Crippen LogP contribution in [-0.4, -0.2) is 11.0 Å². The lowest BCUT2D eigenvalue weighted by molar-refractivity contribution is 0.268. The maximum absolute atomic E-state index is 11.6. The molecule has 0 N–H and O–H groups in total. The smallest absolute Gasteiger partial charge is 0.259 e. The van der Waals surface area contributed by atoms with E-state index in [1.54, 1.807) is 0 Å². The highest BCUT2D eigenvalue weighted by molar-refractivity contribution is 8.14. The van der Waals surface area contributed by atoms with Crippen LogP contribution in [0.3, 0.4) is 0 Å². The Hall–Kier alpha value is -1.87. The minimum absolute atomic E-state index is 0.0149. The molecule has 0 aliphatic carbocycles. The highest BCUT2D eigenvalue weighted by Crippen LogP contribution is 2.39. The van der Waals surface area contributed by atoms with Crippen LogP contribution in [0.25, 0.3) is 0 Å². The average Bonchev–Trinajstić information content (AvgIpc) is 2.83. The van der Waals surface area contributed by atoms with Crippen molar-refractivity contribution >= 4 is 22.7 Å². The van der Waals surface area contributed by atoms with Gasteiger partial charge in [0.25, 0.3) is 0 Å². The molecule has 0 saturated carbocycles. The molecule has 0 radical (unpaired) electrons. The molecule has 0 saturated heterocycles. The monoisotopic (exact) mass is 253 g/mol. The minimum Gasteiger partial charge on any atom is -0.259 e. The summed E-state index contributed by atoms with van der Waals surface area (Å²) >= 11 is 1.28. The van der Waals surface area contributed by atoms with Gasteiger partial charge in [0.1, 0.15) is 0 Å². The molecular weight excluding hydrogens is 242 g/mol. The van der Waals surface area contributed by atoms with E-state index in [1.807, 2.05) is 60.7 Å². The van der Waals surface area contributed by atoms with Crippen LogP contribution < -0.4 is 0 Å². The SMILES string of the molecule is O=C1N=C(c2ccccc2)C(c2ccccc2)S1. The van der Waals surface area contributed by atoms with Gasteiger partial charge in [0.15, 0.2) is 0 Å². The number of hydrogen-bond acceptors (Lipinski definition) is 2. The van der Waals surface area contributed by atoms with Gasteiger partial charge in [-0.25, -0.2) is 4.99 Å². The third-order valence-corrected chi connectivity index (χ3v) is 3.87. The minimum atomic E-state index is -0.109. The molecule has 2 aromatic rings. The third kappa shape index (κ3) is 2.09. The molecule has 3 rings (SSSR count). The predicted octanol–water partition coefficient (Wildman–Crippen LogP) is 4.08. The summed E-state index contributed by atoms with van der Waals surface area (Å²) in [5.41, 5.74) is 3.00. The van der Waals surface area contributed by atoms with E-state index in [0.717, 1.165) is 16.8 Å². The number of amides is 1. The first-order valence-corrected chi connectivity index (χ1v) is 6.62. The number of rotatable bonds is 2. The van der Waals surface area contributed by atoms with Gasteiger partial charge in [0.05, 0.1) is 11.0 Å². The molecule has 0 aromatic heterocycles. The van der Waals surface area contributed by atoms with Gasteiger partial charge in [-0.1, -0.05) is 60.7 Å². The zero-order valence-electron chi connectivity index (χ0n) is 9.61. The van der Waals surface area contributed by atoms with Gasteiger partial charge < -0.3 is 0 Å². The molecule has 0 bridgehead atoms. The number of hydrogen-bond donors (Lipinski definition) is 0. The molecule has 3 heteroatoms. The normalized spacial score (nSPS) is 18.8. The molecular formula is C15H11NOS. The zero-order chi connectivity index (χ0) is 12.4. The first-order valence-electron chi connectivity index (χ1n) is 5.74. The van der Waals surface area contributed by atoms with Crippen LogP contribution in [0.2, 0.25) is 0 Å². The maximum atomic E-state index is 11.6. The fourth-order valence-electron chi connectivity index (χ4n) is 2.02. The number of aliphatic imine (C=N–C) groups is 1. The Morgan fingerprint density at radius 3 is 2.17 bits per heavy atom. The molecule has 0 fully saturated rings. The van der Waals surface area contributed by atoms with Crippen molar-refractivity contribution < 1.29 is 4.79 Å². The molecule has 2 nitrogen and oxygen atoms in total. The van der Waals surface area contributed by atoms with E-state index in [4.69, 9.17) is 0 Å². The first kappa shape index (κ1) is 11.2. The Kier molecular flexibility index (Phi) is 2.99. The molecule has 2 aromatic carbocycles. The lowest BCUT2D eigenvalue weighted by Crippen LogP contribution is -2.06. The summed E-state index contributed by atoms with van der Waals surface area (Å²) in [6, 6.07) is 19.9. The molecule has 18 heavy (non-hydrogen) atoms. The van der Waals surface area contributed by atoms with Crippen molar-refractivity contribution in [2.24, 2.45) is 4.99 Å². The highest BCUT2D eigenvalue weighted by atomic mass is 32.2. The largest absolute Gasteiger partial charge is 0.306 e. The maximum Gasteiger partial charge on any atom is 0.306 e. The van der Waals surface area contributed by atoms with E-state index in [0.29, 0.717) is 0 Å². The standard InChI is InChI=1S/C15H11NOS/c17-15-16-13(11-7-3-1-4-8-11)14(18-15)12-9-5-2-6-10-12/h1-10,14H. The Morgan fingerprint density at radius 1 is 0.889 bits per heavy atom. The molecule has 1 atom stereocenters. The second kappa shape index (κ2) is 4.78. The summed E-state index contributed by atoms with van der Waals surface area (Å²) in [7, 11) is 0. The van der Waals surface area contributed by atoms with Crippen LogP contribution in [0.5, 0.6) is 0 Å². The lowest BCUT2D eigenvalue weighted by Gasteiger charge is -2.11. The lowest BCUT2D eigenvalue weighted by atomic mass is 10.0. The van der Waals surface area contributed by atoms with Crippen LogP contribution in [0.1, 0.15) is 16.4 Å². The van der Waals surface area contributed by atoms with E-state index < -0.39 is 0 Å². The topological polar surface area (TPSA) is 29.4 Å². The van der Waals surface area contributed by atoms with Gasteiger partial charge in [0, 0.05) is 0 Å². The molecule has 0 spiro atoms. The van der Waals surface area contributed by atoms with Crippen LogP contribution in [0.4, 0.5) is 4.79 Å². The summed E-state index contributed by atoms with van der Waals surface area (Å²) < 4.78 is 0. The van der Waals surface area contributed by atoms with Gasteiger partial charge in [-0.3, -0.25) is 4.79 Å². The second-order valence-electron chi connectivity index (χ2n) is 4.04. The van der Waals surface area contributed by atoms with Crippen LogP contribution in [0.15, 0.2) is 65.7 Å². The van der Waals surface area contributed by atoms with E-state index >= 15 is 0 Å². The third-order valence-electron chi connectivity index (χ3n) is 2.85. The summed E-state index contributed by atoms with van der Waals surface area (Å²) in [5, 5.41) is -0.0937. The molecule has 1 amide bonds. The van der Waals surface area contributed by atoms with Crippen molar-refractivity contribution in [3.63, 3.8) is 0 Å². The summed E-state index contributed by atoms with van der Waals surface area (Å²) in [6.45, 7) is 0. The van der Waals surface area contributed by atoms with Gasteiger partial charge in [-0.2, -0.15) is 0 Å². The average molecular weight is 253 g/mol. The van der Waals surface area contributed by atoms with E-state index in [2.05, 4.69) is 4.99 Å². The summed E-state index contributed by atoms with van der Waals surface area (Å²) in [4.78, 5) is 15.7. The van der Waals surface area contributed by atoms with Crippen LogP contribution in [-0.2, 0) is 0 Å². The van der Waals surface area contributed by atoms with E-state index in [9.17, 15) is 4.79 Å². The molecule has 1 aliphatic heterocycles. The quantitative estimate of drug-likeness (QED) is 0.807. The molecule has 1 unspecified atom stereocenters. The van der Waals surface area contributed by atoms with Gasteiger partial charge in [-0.05, 0) is 22.9 Å². The number of thioether (sulfide) groups is 1. The second-order valence-corrected chi connectivity index (χ2v) is 5.09. The predicted molar refractivity (Wildman–Crippen MR) is 75.1 cm³/mol. The van der Waals surface area contributed by atoms with Gasteiger partial charge >= 0.3 is 5.24 Å². The molecule has 1 aliphatic rings. The Balaban J connectivity index is 2.02. The fraction of sp³-hybridized carbons (Fsp3) is 0.0667. The van der Waals surface area contributed by atoms with Crippen molar-refractivity contribution in [2.45, 2.75) is 5.25 Å². The fourth-order valence-corrected chi connectivity index (χ4v) is 2.96. The number of nitrogens with zero attached hydrogens (tertiary/aromatic N) is 1.